The zero-order valence-electron chi connectivity index (χ0n) is 15.4. The van der Waals surface area contributed by atoms with Gasteiger partial charge in [0.2, 0.25) is 0 Å². The highest BCUT2D eigenvalue weighted by Crippen LogP contribution is 2.41. The zero-order valence-corrected chi connectivity index (χ0v) is 17.8. The van der Waals surface area contributed by atoms with Gasteiger partial charge < -0.3 is 4.74 Å². The molecule has 0 aromatic heterocycles. The van der Waals surface area contributed by atoms with Crippen molar-refractivity contribution in [3.05, 3.63) is 71.8 Å². The standard InChI is InChI=1S/C22H19NO2S3/c1-2-3-12-26-28-27-21-11-8-17-13-19(7-6-18(17)14-21)22(24)25-20-9-4-16(15-23)5-10-20/h4-11,13-14H,2-3,12H2,1H3. The zero-order chi connectivity index (χ0) is 19.8. The maximum atomic E-state index is 12.4. The van der Waals surface area contributed by atoms with Gasteiger partial charge in [-0.2, -0.15) is 5.26 Å². The quantitative estimate of drug-likeness (QED) is 0.166. The number of ether oxygens (including phenoxy) is 1. The van der Waals surface area contributed by atoms with Crippen LogP contribution in [0.5, 0.6) is 5.75 Å². The number of unbranched alkanes of at least 4 members (excludes halogenated alkanes) is 1. The number of hydrogen-bond donors (Lipinski definition) is 0. The lowest BCUT2D eigenvalue weighted by Crippen LogP contribution is -2.08. The Morgan fingerprint density at radius 2 is 1.79 bits per heavy atom. The van der Waals surface area contributed by atoms with Crippen LogP contribution in [0.2, 0.25) is 0 Å². The van der Waals surface area contributed by atoms with Crippen LogP contribution in [0.4, 0.5) is 0 Å². The molecule has 3 aromatic rings. The van der Waals surface area contributed by atoms with Gasteiger partial charge in [-0.15, -0.1) is 0 Å². The van der Waals surface area contributed by atoms with Gasteiger partial charge in [0.05, 0.1) is 17.2 Å². The highest BCUT2D eigenvalue weighted by atomic mass is 33.5. The van der Waals surface area contributed by atoms with Gasteiger partial charge >= 0.3 is 5.97 Å². The lowest BCUT2D eigenvalue weighted by Gasteiger charge is -2.07. The number of esters is 1. The van der Waals surface area contributed by atoms with Gasteiger partial charge in [-0.3, -0.25) is 0 Å². The van der Waals surface area contributed by atoms with Gasteiger partial charge in [0.25, 0.3) is 0 Å². The van der Waals surface area contributed by atoms with E-state index in [1.807, 2.05) is 35.1 Å². The Hall–Kier alpha value is -2.07. The van der Waals surface area contributed by atoms with E-state index in [0.29, 0.717) is 16.9 Å². The maximum Gasteiger partial charge on any atom is 0.343 e. The Labute approximate surface area is 176 Å². The molecule has 0 aliphatic rings. The fourth-order valence-corrected chi connectivity index (χ4v) is 6.37. The highest BCUT2D eigenvalue weighted by molar-refractivity contribution is 9.09. The fraction of sp³-hybridized carbons (Fsp3) is 0.182. The van der Waals surface area contributed by atoms with Crippen LogP contribution in [0.1, 0.15) is 35.7 Å². The summed E-state index contributed by atoms with van der Waals surface area (Å²) in [7, 11) is 5.46. The number of nitriles is 1. The maximum absolute atomic E-state index is 12.4. The topological polar surface area (TPSA) is 50.1 Å². The Morgan fingerprint density at radius 3 is 2.54 bits per heavy atom. The van der Waals surface area contributed by atoms with Gasteiger partial charge in [0, 0.05) is 10.6 Å². The molecule has 0 fully saturated rings. The molecule has 0 spiro atoms. The van der Waals surface area contributed by atoms with Crippen molar-refractivity contribution in [3.8, 4) is 11.8 Å². The third-order valence-corrected chi connectivity index (χ3v) is 8.12. The Balaban J connectivity index is 1.65. The van der Waals surface area contributed by atoms with Gasteiger partial charge in [0.1, 0.15) is 5.75 Å². The number of hydrogen-bond acceptors (Lipinski definition) is 6. The molecule has 0 radical (unpaired) electrons. The van der Waals surface area contributed by atoms with Crippen LogP contribution in [0.15, 0.2) is 65.6 Å². The van der Waals surface area contributed by atoms with Crippen molar-refractivity contribution < 1.29 is 9.53 Å². The van der Waals surface area contributed by atoms with Crippen molar-refractivity contribution in [2.45, 2.75) is 24.7 Å². The van der Waals surface area contributed by atoms with Crippen molar-refractivity contribution in [2.75, 3.05) is 5.75 Å². The van der Waals surface area contributed by atoms with Crippen LogP contribution in [-0.4, -0.2) is 11.7 Å². The second-order valence-electron chi connectivity index (χ2n) is 6.08. The van der Waals surface area contributed by atoms with E-state index in [9.17, 15) is 4.79 Å². The largest absolute Gasteiger partial charge is 0.423 e. The van der Waals surface area contributed by atoms with Crippen molar-refractivity contribution in [2.24, 2.45) is 0 Å². The molecule has 0 unspecified atom stereocenters. The smallest absolute Gasteiger partial charge is 0.343 e. The first-order valence-corrected chi connectivity index (χ1v) is 12.6. The minimum absolute atomic E-state index is 0.409. The van der Waals surface area contributed by atoms with Crippen molar-refractivity contribution in [1.82, 2.24) is 0 Å². The van der Waals surface area contributed by atoms with Crippen LogP contribution < -0.4 is 4.74 Å². The molecule has 0 N–H and O–H groups in total. The number of benzene rings is 3. The van der Waals surface area contributed by atoms with Gasteiger partial charge in [-0.05, 0) is 86.3 Å². The monoisotopic (exact) mass is 425 g/mol. The van der Waals surface area contributed by atoms with Crippen LogP contribution in [0, 0.1) is 11.3 Å². The molecule has 0 saturated heterocycles. The molecular weight excluding hydrogens is 406 g/mol. The van der Waals surface area contributed by atoms with Crippen LogP contribution in [0.3, 0.4) is 0 Å². The summed E-state index contributed by atoms with van der Waals surface area (Å²) in [6.07, 6.45) is 2.47. The number of nitrogens with zero attached hydrogens (tertiary/aromatic N) is 1. The fourth-order valence-electron chi connectivity index (χ4n) is 2.47. The summed E-state index contributed by atoms with van der Waals surface area (Å²) in [5.74, 6) is 1.19. The first-order chi connectivity index (χ1) is 13.7. The normalized spacial score (nSPS) is 10.6. The second kappa shape index (κ2) is 10.5. The third-order valence-electron chi connectivity index (χ3n) is 4.00. The van der Waals surface area contributed by atoms with E-state index >= 15 is 0 Å². The lowest BCUT2D eigenvalue weighted by molar-refractivity contribution is 0.0735. The molecule has 0 heterocycles. The predicted molar refractivity (Wildman–Crippen MR) is 121 cm³/mol. The van der Waals surface area contributed by atoms with Crippen LogP contribution in [0.25, 0.3) is 10.8 Å². The Kier molecular flexibility index (Phi) is 7.72. The van der Waals surface area contributed by atoms with Crippen molar-refractivity contribution >= 4 is 48.2 Å². The van der Waals surface area contributed by atoms with E-state index in [1.54, 1.807) is 51.0 Å². The molecule has 0 amide bonds. The molecule has 3 nitrogen and oxygen atoms in total. The van der Waals surface area contributed by atoms with E-state index in [-0.39, 0.29) is 0 Å². The second-order valence-corrected chi connectivity index (χ2v) is 10.3. The average Bonchev–Trinajstić information content (AvgIpc) is 2.73. The lowest BCUT2D eigenvalue weighted by atomic mass is 10.1. The molecule has 0 aliphatic carbocycles. The molecular formula is C22H19NO2S3. The first kappa shape index (κ1) is 20.7. The molecule has 0 bridgehead atoms. The van der Waals surface area contributed by atoms with Crippen LogP contribution >= 0.6 is 31.4 Å². The van der Waals surface area contributed by atoms with Gasteiger partial charge in [0.15, 0.2) is 0 Å². The summed E-state index contributed by atoms with van der Waals surface area (Å²) >= 11 is 0. The Bertz CT molecular complexity index is 997. The van der Waals surface area contributed by atoms with Crippen molar-refractivity contribution in [1.29, 1.82) is 5.26 Å². The molecule has 3 aromatic carbocycles. The summed E-state index contributed by atoms with van der Waals surface area (Å²) in [6, 6.07) is 20.4. The Morgan fingerprint density at radius 1 is 1.04 bits per heavy atom. The molecule has 0 aliphatic heterocycles. The molecule has 0 atom stereocenters. The van der Waals surface area contributed by atoms with Crippen LogP contribution in [-0.2, 0) is 0 Å². The predicted octanol–water partition coefficient (Wildman–Crippen LogP) is 7.12. The molecule has 0 saturated carbocycles. The first-order valence-electron chi connectivity index (χ1n) is 8.92. The summed E-state index contributed by atoms with van der Waals surface area (Å²) in [5.41, 5.74) is 1.03. The molecule has 3 rings (SSSR count). The van der Waals surface area contributed by atoms with Gasteiger partial charge in [-0.1, -0.05) is 36.3 Å². The average molecular weight is 426 g/mol. The summed E-state index contributed by atoms with van der Waals surface area (Å²) in [5, 5.41) is 10.9. The number of carbonyl (C=O) groups excluding carboxylic acids is 1. The molecule has 6 heteroatoms. The number of rotatable bonds is 8. The molecule has 142 valence electrons. The number of carbonyl (C=O) groups is 1. The van der Waals surface area contributed by atoms with Gasteiger partial charge in [-0.25, -0.2) is 4.79 Å². The van der Waals surface area contributed by atoms with E-state index in [0.717, 1.165) is 10.8 Å². The van der Waals surface area contributed by atoms with Crippen molar-refractivity contribution in [3.63, 3.8) is 0 Å². The highest BCUT2D eigenvalue weighted by Gasteiger charge is 2.10. The SMILES string of the molecule is CCCCSSSc1ccc2cc(C(=O)Oc3ccc(C#N)cc3)ccc2c1. The minimum Gasteiger partial charge on any atom is -0.423 e. The molecule has 28 heavy (non-hydrogen) atoms. The van der Waals surface area contributed by atoms with E-state index < -0.39 is 5.97 Å². The van der Waals surface area contributed by atoms with E-state index in [4.69, 9.17) is 10.00 Å². The summed E-state index contributed by atoms with van der Waals surface area (Å²) < 4.78 is 5.40. The minimum atomic E-state index is -0.409. The van der Waals surface area contributed by atoms with E-state index in [1.165, 1.54) is 23.5 Å². The number of fused-ring (bicyclic) bond motifs is 1. The third kappa shape index (κ3) is 5.71. The summed E-state index contributed by atoms with van der Waals surface area (Å²) in [6.45, 7) is 2.20. The summed E-state index contributed by atoms with van der Waals surface area (Å²) in [4.78, 5) is 13.6. The van der Waals surface area contributed by atoms with E-state index in [2.05, 4.69) is 19.1 Å².